The highest BCUT2D eigenvalue weighted by molar-refractivity contribution is 7.99. The van der Waals surface area contributed by atoms with E-state index < -0.39 is 0 Å². The summed E-state index contributed by atoms with van der Waals surface area (Å²) in [6.45, 7) is 10.7. The van der Waals surface area contributed by atoms with Crippen molar-refractivity contribution in [2.24, 2.45) is 11.8 Å². The highest BCUT2D eigenvalue weighted by Gasteiger charge is 2.27. The molecular weight excluding hydrogens is 364 g/mol. The summed E-state index contributed by atoms with van der Waals surface area (Å²) >= 11 is 1.35. The SMILES string of the molecule is CC1CC(C)CN(c2nnc(SCC(=O)OC(C)C)n2Cc2ccco2)C1. The number of ether oxygens (including phenoxy) is 1. The number of furan rings is 1. The number of carbonyl (C=O) groups is 1. The molecule has 2 unspecified atom stereocenters. The summed E-state index contributed by atoms with van der Waals surface area (Å²) in [6, 6.07) is 3.81. The largest absolute Gasteiger partial charge is 0.467 e. The van der Waals surface area contributed by atoms with Crippen LogP contribution in [0.5, 0.6) is 0 Å². The zero-order valence-electron chi connectivity index (χ0n) is 16.4. The van der Waals surface area contributed by atoms with Crippen LogP contribution in [-0.4, -0.2) is 45.7 Å². The van der Waals surface area contributed by atoms with Gasteiger partial charge in [0.2, 0.25) is 5.95 Å². The van der Waals surface area contributed by atoms with E-state index >= 15 is 0 Å². The van der Waals surface area contributed by atoms with E-state index in [1.165, 1.54) is 18.2 Å². The molecule has 0 radical (unpaired) electrons. The first kappa shape index (κ1) is 19.8. The van der Waals surface area contributed by atoms with Crippen molar-refractivity contribution in [3.05, 3.63) is 24.2 Å². The Morgan fingerprint density at radius 3 is 2.70 bits per heavy atom. The predicted molar refractivity (Wildman–Crippen MR) is 105 cm³/mol. The van der Waals surface area contributed by atoms with E-state index in [-0.39, 0.29) is 17.8 Å². The second-order valence-corrected chi connectivity index (χ2v) is 8.57. The van der Waals surface area contributed by atoms with Crippen molar-refractivity contribution >= 4 is 23.7 Å². The van der Waals surface area contributed by atoms with Crippen molar-refractivity contribution in [3.63, 3.8) is 0 Å². The Bertz CT molecular complexity index is 734. The minimum absolute atomic E-state index is 0.119. The highest BCUT2D eigenvalue weighted by atomic mass is 32.2. The van der Waals surface area contributed by atoms with Gasteiger partial charge in [-0.3, -0.25) is 9.36 Å². The topological polar surface area (TPSA) is 73.4 Å². The van der Waals surface area contributed by atoms with Gasteiger partial charge in [0.25, 0.3) is 0 Å². The molecule has 7 nitrogen and oxygen atoms in total. The smallest absolute Gasteiger partial charge is 0.316 e. The number of piperidine rings is 1. The maximum Gasteiger partial charge on any atom is 0.316 e. The van der Waals surface area contributed by atoms with Gasteiger partial charge in [0, 0.05) is 13.1 Å². The molecule has 3 heterocycles. The summed E-state index contributed by atoms with van der Waals surface area (Å²) < 4.78 is 12.8. The number of esters is 1. The molecule has 0 spiro atoms. The summed E-state index contributed by atoms with van der Waals surface area (Å²) in [4.78, 5) is 14.2. The highest BCUT2D eigenvalue weighted by Crippen LogP contribution is 2.29. The van der Waals surface area contributed by atoms with Crippen LogP contribution in [0.15, 0.2) is 28.0 Å². The van der Waals surface area contributed by atoms with Crippen molar-refractivity contribution in [1.82, 2.24) is 14.8 Å². The van der Waals surface area contributed by atoms with Crippen molar-refractivity contribution < 1.29 is 13.9 Å². The summed E-state index contributed by atoms with van der Waals surface area (Å²) in [5, 5.41) is 9.51. The summed E-state index contributed by atoms with van der Waals surface area (Å²) in [7, 11) is 0. The Balaban J connectivity index is 1.80. The van der Waals surface area contributed by atoms with Crippen molar-refractivity contribution in [2.75, 3.05) is 23.7 Å². The van der Waals surface area contributed by atoms with Crippen LogP contribution in [0.1, 0.15) is 39.9 Å². The number of carbonyl (C=O) groups excluding carboxylic acids is 1. The third-order valence-corrected chi connectivity index (χ3v) is 5.37. The van der Waals surface area contributed by atoms with Crippen LogP contribution >= 0.6 is 11.8 Å². The second kappa shape index (κ2) is 8.82. The van der Waals surface area contributed by atoms with Crippen LogP contribution in [0.2, 0.25) is 0 Å². The number of nitrogens with zero attached hydrogens (tertiary/aromatic N) is 4. The van der Waals surface area contributed by atoms with Gasteiger partial charge in [0.1, 0.15) is 5.76 Å². The molecule has 3 rings (SSSR count). The van der Waals surface area contributed by atoms with Gasteiger partial charge in [0.05, 0.1) is 24.7 Å². The molecule has 2 atom stereocenters. The molecule has 0 amide bonds. The number of hydrogen-bond donors (Lipinski definition) is 0. The molecule has 1 aliphatic rings. The molecule has 0 aliphatic carbocycles. The maximum absolute atomic E-state index is 11.9. The zero-order valence-corrected chi connectivity index (χ0v) is 17.2. The van der Waals surface area contributed by atoms with Crippen LogP contribution in [-0.2, 0) is 16.1 Å². The fourth-order valence-electron chi connectivity index (χ4n) is 3.57. The number of aromatic nitrogens is 3. The number of hydrogen-bond acceptors (Lipinski definition) is 7. The van der Waals surface area contributed by atoms with E-state index in [4.69, 9.17) is 9.15 Å². The molecule has 1 saturated heterocycles. The molecule has 2 aromatic rings. The number of anilines is 1. The average molecular weight is 393 g/mol. The molecule has 1 fully saturated rings. The van der Waals surface area contributed by atoms with Gasteiger partial charge in [-0.25, -0.2) is 0 Å². The van der Waals surface area contributed by atoms with Crippen molar-refractivity contribution in [3.8, 4) is 0 Å². The lowest BCUT2D eigenvalue weighted by molar-refractivity contribution is -0.144. The van der Waals surface area contributed by atoms with E-state index in [1.807, 2.05) is 30.5 Å². The Labute approximate surface area is 164 Å². The Morgan fingerprint density at radius 1 is 1.33 bits per heavy atom. The normalized spacial score (nSPS) is 20.3. The molecule has 1 aliphatic heterocycles. The first-order valence-corrected chi connectivity index (χ1v) is 10.4. The van der Waals surface area contributed by atoms with Gasteiger partial charge in [0.15, 0.2) is 5.16 Å². The van der Waals surface area contributed by atoms with Gasteiger partial charge in [-0.2, -0.15) is 0 Å². The Kier molecular flexibility index (Phi) is 6.46. The lowest BCUT2D eigenvalue weighted by Gasteiger charge is -2.35. The van der Waals surface area contributed by atoms with Crippen LogP contribution < -0.4 is 4.90 Å². The van der Waals surface area contributed by atoms with E-state index in [0.717, 1.165) is 24.8 Å². The van der Waals surface area contributed by atoms with Crippen LogP contribution in [0.4, 0.5) is 5.95 Å². The van der Waals surface area contributed by atoms with Crippen molar-refractivity contribution in [1.29, 1.82) is 0 Å². The minimum Gasteiger partial charge on any atom is -0.467 e. The third-order valence-electron chi connectivity index (χ3n) is 4.43. The van der Waals surface area contributed by atoms with Crippen LogP contribution in [0, 0.1) is 11.8 Å². The average Bonchev–Trinajstić information content (AvgIpc) is 3.22. The van der Waals surface area contributed by atoms with E-state index in [1.54, 1.807) is 6.26 Å². The molecule has 8 heteroatoms. The predicted octanol–water partition coefficient (Wildman–Crippen LogP) is 3.45. The third kappa shape index (κ3) is 5.28. The molecule has 0 bridgehead atoms. The summed E-state index contributed by atoms with van der Waals surface area (Å²) in [6.07, 6.45) is 2.77. The van der Waals surface area contributed by atoms with Crippen molar-refractivity contribution in [2.45, 2.75) is 51.9 Å². The van der Waals surface area contributed by atoms with Gasteiger partial charge in [-0.1, -0.05) is 25.6 Å². The van der Waals surface area contributed by atoms with Gasteiger partial charge < -0.3 is 14.1 Å². The Morgan fingerprint density at radius 2 is 2.07 bits per heavy atom. The molecule has 0 saturated carbocycles. The zero-order chi connectivity index (χ0) is 19.4. The monoisotopic (exact) mass is 392 g/mol. The molecule has 2 aromatic heterocycles. The lowest BCUT2D eigenvalue weighted by atomic mass is 9.92. The number of thioether (sulfide) groups is 1. The molecule has 148 valence electrons. The first-order valence-electron chi connectivity index (χ1n) is 9.45. The standard InChI is InChI=1S/C19H28N4O3S/c1-13(2)26-17(24)12-27-19-21-20-18(22-9-14(3)8-15(4)10-22)23(19)11-16-6-5-7-25-16/h5-7,13-15H,8-12H2,1-4H3. The summed E-state index contributed by atoms with van der Waals surface area (Å²) in [5.41, 5.74) is 0. The molecule has 0 N–H and O–H groups in total. The molecule has 0 aromatic carbocycles. The fraction of sp³-hybridized carbons (Fsp3) is 0.632. The van der Waals surface area contributed by atoms with E-state index in [2.05, 4.69) is 28.9 Å². The van der Waals surface area contributed by atoms with Gasteiger partial charge in [-0.15, -0.1) is 10.2 Å². The summed E-state index contributed by atoms with van der Waals surface area (Å²) in [5.74, 6) is 2.86. The van der Waals surface area contributed by atoms with E-state index in [0.29, 0.717) is 23.5 Å². The van der Waals surface area contributed by atoms with Crippen LogP contribution in [0.25, 0.3) is 0 Å². The molecular formula is C19H28N4O3S. The van der Waals surface area contributed by atoms with E-state index in [9.17, 15) is 4.79 Å². The molecule has 27 heavy (non-hydrogen) atoms. The first-order chi connectivity index (χ1) is 12.9. The maximum atomic E-state index is 11.9. The van der Waals surface area contributed by atoms with Gasteiger partial charge >= 0.3 is 5.97 Å². The van der Waals surface area contributed by atoms with Crippen LogP contribution in [0.3, 0.4) is 0 Å². The number of rotatable bonds is 7. The Hall–Kier alpha value is -1.96. The quantitative estimate of drug-likeness (QED) is 0.528. The lowest BCUT2D eigenvalue weighted by Crippen LogP contribution is -2.40. The second-order valence-electron chi connectivity index (χ2n) is 7.63. The van der Waals surface area contributed by atoms with Gasteiger partial charge in [-0.05, 0) is 44.2 Å². The fourth-order valence-corrected chi connectivity index (χ4v) is 4.28. The minimum atomic E-state index is -0.246.